The first-order valence-electron chi connectivity index (χ1n) is 4.47. The maximum Gasteiger partial charge on any atom is 0.416 e. The molecule has 0 saturated heterocycles. The number of hydrogen-bond acceptors (Lipinski definition) is 3. The Balaban J connectivity index is 3.24. The molecule has 0 aromatic heterocycles. The summed E-state index contributed by atoms with van der Waals surface area (Å²) in [6.07, 6.45) is -4.46. The lowest BCUT2D eigenvalue weighted by Gasteiger charge is -2.13. The molecule has 1 rings (SSSR count). The zero-order valence-electron chi connectivity index (χ0n) is 8.25. The van der Waals surface area contributed by atoms with Crippen LogP contribution < -0.4 is 11.5 Å². The minimum Gasteiger partial charge on any atom is -0.329 e. The van der Waals surface area contributed by atoms with Crippen LogP contribution >= 0.6 is 0 Å². The first-order chi connectivity index (χ1) is 7.40. The number of halogens is 3. The number of benzene rings is 1. The van der Waals surface area contributed by atoms with Crippen molar-refractivity contribution < 1.29 is 13.2 Å². The largest absolute Gasteiger partial charge is 0.416 e. The number of hydrogen-bond donors (Lipinski definition) is 2. The average molecular weight is 229 g/mol. The molecule has 0 radical (unpaired) electrons. The van der Waals surface area contributed by atoms with Crippen molar-refractivity contribution in [2.75, 3.05) is 6.54 Å². The van der Waals surface area contributed by atoms with Gasteiger partial charge in [-0.1, -0.05) is 6.07 Å². The van der Waals surface area contributed by atoms with Crippen LogP contribution in [0, 0.1) is 11.3 Å². The van der Waals surface area contributed by atoms with E-state index in [0.29, 0.717) is 5.56 Å². The van der Waals surface area contributed by atoms with Crippen LogP contribution in [-0.2, 0) is 6.18 Å². The fraction of sp³-hybridized carbons (Fsp3) is 0.300. The number of alkyl halides is 3. The second-order valence-corrected chi connectivity index (χ2v) is 3.25. The van der Waals surface area contributed by atoms with Gasteiger partial charge in [-0.25, -0.2) is 0 Å². The highest BCUT2D eigenvalue weighted by molar-refractivity contribution is 5.43. The van der Waals surface area contributed by atoms with E-state index in [1.165, 1.54) is 6.07 Å². The smallest absolute Gasteiger partial charge is 0.329 e. The predicted octanol–water partition coefficient (Wildman–Crippen LogP) is 1.54. The van der Waals surface area contributed by atoms with Gasteiger partial charge in [0.15, 0.2) is 0 Å². The molecule has 1 aromatic carbocycles. The standard InChI is InChI=1S/C10H10F3N3/c11-10(12,13)7-1-2-8(9(16)5-15)6(3-7)4-14/h1-3,9H,5,15-16H2/t9-/m1/s1. The molecule has 0 unspecified atom stereocenters. The van der Waals surface area contributed by atoms with Crippen molar-refractivity contribution in [2.45, 2.75) is 12.2 Å². The van der Waals surface area contributed by atoms with Gasteiger partial charge in [0.05, 0.1) is 17.2 Å². The maximum atomic E-state index is 12.4. The average Bonchev–Trinajstić information content (AvgIpc) is 2.26. The first-order valence-corrected chi connectivity index (χ1v) is 4.47. The molecule has 0 aliphatic carbocycles. The molecule has 0 bridgehead atoms. The van der Waals surface area contributed by atoms with Gasteiger partial charge in [0.1, 0.15) is 0 Å². The summed E-state index contributed by atoms with van der Waals surface area (Å²) < 4.78 is 37.1. The van der Waals surface area contributed by atoms with Gasteiger partial charge < -0.3 is 11.5 Å². The number of rotatable bonds is 2. The molecule has 0 aliphatic rings. The van der Waals surface area contributed by atoms with Crippen LogP contribution in [0.4, 0.5) is 13.2 Å². The Morgan fingerprint density at radius 2 is 2.00 bits per heavy atom. The number of nitrogens with zero attached hydrogens (tertiary/aromatic N) is 1. The normalized spacial score (nSPS) is 13.2. The van der Waals surface area contributed by atoms with Crippen molar-refractivity contribution >= 4 is 0 Å². The highest BCUT2D eigenvalue weighted by atomic mass is 19.4. The molecule has 4 N–H and O–H groups in total. The van der Waals surface area contributed by atoms with Gasteiger partial charge in [-0.2, -0.15) is 18.4 Å². The molecule has 0 aliphatic heterocycles. The quantitative estimate of drug-likeness (QED) is 0.807. The van der Waals surface area contributed by atoms with Crippen LogP contribution in [0.5, 0.6) is 0 Å². The van der Waals surface area contributed by atoms with Gasteiger partial charge in [-0.15, -0.1) is 0 Å². The summed E-state index contributed by atoms with van der Waals surface area (Å²) in [6.45, 7) is 0.0695. The zero-order chi connectivity index (χ0) is 12.3. The van der Waals surface area contributed by atoms with Crippen molar-refractivity contribution in [3.8, 4) is 6.07 Å². The topological polar surface area (TPSA) is 75.8 Å². The first kappa shape index (κ1) is 12.5. The molecule has 0 amide bonds. The molecule has 6 heteroatoms. The Morgan fingerprint density at radius 1 is 1.38 bits per heavy atom. The van der Waals surface area contributed by atoms with E-state index in [1.807, 2.05) is 0 Å². The molecule has 1 atom stereocenters. The number of nitriles is 1. The van der Waals surface area contributed by atoms with Gasteiger partial charge in [-0.05, 0) is 17.7 Å². The van der Waals surface area contributed by atoms with E-state index in [0.717, 1.165) is 12.1 Å². The Hall–Kier alpha value is -1.58. The summed E-state index contributed by atoms with van der Waals surface area (Å²) >= 11 is 0. The lowest BCUT2D eigenvalue weighted by Crippen LogP contribution is -2.22. The van der Waals surface area contributed by atoms with Crippen LogP contribution in [0.3, 0.4) is 0 Å². The molecule has 0 heterocycles. The van der Waals surface area contributed by atoms with E-state index in [2.05, 4.69) is 0 Å². The number of nitrogens with two attached hydrogens (primary N) is 2. The monoisotopic (exact) mass is 229 g/mol. The van der Waals surface area contributed by atoms with Crippen LogP contribution in [0.15, 0.2) is 18.2 Å². The van der Waals surface area contributed by atoms with Gasteiger partial charge >= 0.3 is 6.18 Å². The molecular weight excluding hydrogens is 219 g/mol. The second kappa shape index (κ2) is 4.51. The molecular formula is C10H10F3N3. The predicted molar refractivity (Wildman–Crippen MR) is 52.1 cm³/mol. The van der Waals surface area contributed by atoms with Gasteiger partial charge in [0.2, 0.25) is 0 Å². The summed E-state index contributed by atoms with van der Waals surface area (Å²) in [6, 6.07) is 3.93. The second-order valence-electron chi connectivity index (χ2n) is 3.25. The Morgan fingerprint density at radius 3 is 2.44 bits per heavy atom. The summed E-state index contributed by atoms with van der Waals surface area (Å²) in [7, 11) is 0. The lowest BCUT2D eigenvalue weighted by molar-refractivity contribution is -0.137. The summed E-state index contributed by atoms with van der Waals surface area (Å²) in [5.74, 6) is 0. The molecule has 16 heavy (non-hydrogen) atoms. The van der Waals surface area contributed by atoms with E-state index in [1.54, 1.807) is 6.07 Å². The van der Waals surface area contributed by atoms with Gasteiger partial charge in [0.25, 0.3) is 0 Å². The molecule has 3 nitrogen and oxygen atoms in total. The van der Waals surface area contributed by atoms with Crippen molar-refractivity contribution in [2.24, 2.45) is 11.5 Å². The van der Waals surface area contributed by atoms with E-state index in [4.69, 9.17) is 16.7 Å². The minimum absolute atomic E-state index is 0.0695. The van der Waals surface area contributed by atoms with Crippen LogP contribution in [0.25, 0.3) is 0 Å². The van der Waals surface area contributed by atoms with Crippen molar-refractivity contribution in [3.63, 3.8) is 0 Å². The van der Waals surface area contributed by atoms with E-state index < -0.39 is 17.8 Å². The fourth-order valence-corrected chi connectivity index (χ4v) is 1.28. The van der Waals surface area contributed by atoms with Crippen LogP contribution in [-0.4, -0.2) is 6.54 Å². The highest BCUT2D eigenvalue weighted by Crippen LogP contribution is 2.31. The summed E-state index contributed by atoms with van der Waals surface area (Å²) in [4.78, 5) is 0. The minimum atomic E-state index is -4.46. The van der Waals surface area contributed by atoms with Crippen molar-refractivity contribution in [3.05, 3.63) is 34.9 Å². The Bertz CT molecular complexity index is 420. The highest BCUT2D eigenvalue weighted by Gasteiger charge is 2.31. The fourth-order valence-electron chi connectivity index (χ4n) is 1.28. The SMILES string of the molecule is N#Cc1cc(C(F)(F)F)ccc1[C@H](N)CN. The van der Waals surface area contributed by atoms with Crippen molar-refractivity contribution in [1.82, 2.24) is 0 Å². The van der Waals surface area contributed by atoms with E-state index in [9.17, 15) is 13.2 Å². The third-order valence-electron chi connectivity index (χ3n) is 2.15. The lowest BCUT2D eigenvalue weighted by atomic mass is 9.99. The summed E-state index contributed by atoms with van der Waals surface area (Å²) in [5.41, 5.74) is 10.2. The zero-order valence-corrected chi connectivity index (χ0v) is 8.25. The molecule has 0 fully saturated rings. The molecule has 86 valence electrons. The van der Waals surface area contributed by atoms with Gasteiger partial charge in [-0.3, -0.25) is 0 Å². The van der Waals surface area contributed by atoms with Crippen LogP contribution in [0.2, 0.25) is 0 Å². The Kier molecular flexibility index (Phi) is 3.52. The molecule has 0 saturated carbocycles. The van der Waals surface area contributed by atoms with Gasteiger partial charge in [0, 0.05) is 12.6 Å². The Labute approximate surface area is 90.5 Å². The summed E-state index contributed by atoms with van der Waals surface area (Å²) in [5, 5.41) is 8.74. The van der Waals surface area contributed by atoms with E-state index >= 15 is 0 Å². The third kappa shape index (κ3) is 2.51. The third-order valence-corrected chi connectivity index (χ3v) is 2.15. The maximum absolute atomic E-state index is 12.4. The van der Waals surface area contributed by atoms with E-state index in [-0.39, 0.29) is 12.1 Å². The van der Waals surface area contributed by atoms with Crippen LogP contribution in [0.1, 0.15) is 22.7 Å². The molecule has 0 spiro atoms. The van der Waals surface area contributed by atoms with Crippen molar-refractivity contribution in [1.29, 1.82) is 5.26 Å². The molecule has 1 aromatic rings.